The van der Waals surface area contributed by atoms with Crippen LogP contribution < -0.4 is 5.32 Å². The lowest BCUT2D eigenvalue weighted by Gasteiger charge is -2.19. The van der Waals surface area contributed by atoms with Gasteiger partial charge in [-0.2, -0.15) is 4.31 Å². The Labute approximate surface area is 127 Å². The number of nitrogens with one attached hydrogen (secondary N) is 1. The van der Waals surface area contributed by atoms with E-state index in [4.69, 9.17) is 5.11 Å². The minimum absolute atomic E-state index is 0.00929. The van der Waals surface area contributed by atoms with Crippen LogP contribution in [0.15, 0.2) is 10.3 Å². The van der Waals surface area contributed by atoms with Gasteiger partial charge in [-0.1, -0.05) is 6.92 Å². The SMILES string of the molecule is CCCN(CC(=O)NC)S(=O)(=O)c1cc(C)c(C(=O)O)s1. The lowest BCUT2D eigenvalue weighted by Crippen LogP contribution is -2.39. The Morgan fingerprint density at radius 1 is 1.43 bits per heavy atom. The van der Waals surface area contributed by atoms with Gasteiger partial charge >= 0.3 is 5.97 Å². The van der Waals surface area contributed by atoms with Crippen molar-refractivity contribution < 1.29 is 23.1 Å². The molecule has 1 aromatic rings. The van der Waals surface area contributed by atoms with Crippen LogP contribution >= 0.6 is 11.3 Å². The lowest BCUT2D eigenvalue weighted by molar-refractivity contribution is -0.120. The number of carbonyl (C=O) groups excluding carboxylic acids is 1. The molecule has 0 aliphatic carbocycles. The molecule has 0 radical (unpaired) electrons. The van der Waals surface area contributed by atoms with Crippen LogP contribution in [0.1, 0.15) is 28.6 Å². The molecule has 0 bridgehead atoms. The molecule has 0 saturated heterocycles. The summed E-state index contributed by atoms with van der Waals surface area (Å²) in [4.78, 5) is 22.5. The minimum atomic E-state index is -3.88. The second kappa shape index (κ2) is 7.01. The quantitative estimate of drug-likeness (QED) is 0.771. The molecule has 7 nitrogen and oxygen atoms in total. The number of hydrogen-bond donors (Lipinski definition) is 2. The summed E-state index contributed by atoms with van der Waals surface area (Å²) in [5, 5.41) is 11.4. The molecule has 1 amide bonds. The summed E-state index contributed by atoms with van der Waals surface area (Å²) in [6.07, 6.45) is 0.548. The number of aryl methyl sites for hydroxylation is 1. The van der Waals surface area contributed by atoms with Crippen LogP contribution in [0.4, 0.5) is 0 Å². The van der Waals surface area contributed by atoms with Crippen molar-refractivity contribution in [2.75, 3.05) is 20.1 Å². The molecule has 9 heteroatoms. The van der Waals surface area contributed by atoms with E-state index in [1.165, 1.54) is 13.1 Å². The zero-order chi connectivity index (χ0) is 16.2. The van der Waals surface area contributed by atoms with Gasteiger partial charge in [-0.15, -0.1) is 11.3 Å². The number of hydrogen-bond acceptors (Lipinski definition) is 5. The molecule has 1 aromatic heterocycles. The maximum absolute atomic E-state index is 12.5. The van der Waals surface area contributed by atoms with Crippen LogP contribution in [0.2, 0.25) is 0 Å². The zero-order valence-electron chi connectivity index (χ0n) is 12.0. The fourth-order valence-electron chi connectivity index (χ4n) is 1.69. The van der Waals surface area contributed by atoms with E-state index in [9.17, 15) is 18.0 Å². The number of nitrogens with zero attached hydrogens (tertiary/aromatic N) is 1. The summed E-state index contributed by atoms with van der Waals surface area (Å²) >= 11 is 0.703. The Morgan fingerprint density at radius 3 is 2.48 bits per heavy atom. The van der Waals surface area contributed by atoms with E-state index in [1.54, 1.807) is 13.8 Å². The summed E-state index contributed by atoms with van der Waals surface area (Å²) in [6, 6.07) is 1.33. The van der Waals surface area contributed by atoms with Gasteiger partial charge in [0.05, 0.1) is 6.54 Å². The Morgan fingerprint density at radius 2 is 2.05 bits per heavy atom. The lowest BCUT2D eigenvalue weighted by atomic mass is 10.3. The first-order chi connectivity index (χ1) is 9.73. The molecule has 0 saturated carbocycles. The maximum atomic E-state index is 12.5. The number of sulfonamides is 1. The number of amides is 1. The summed E-state index contributed by atoms with van der Waals surface area (Å²) in [5.74, 6) is -1.58. The molecule has 0 unspecified atom stereocenters. The maximum Gasteiger partial charge on any atom is 0.346 e. The third-order valence-corrected chi connectivity index (χ3v) is 6.27. The van der Waals surface area contributed by atoms with Gasteiger partial charge in [0.25, 0.3) is 10.0 Å². The van der Waals surface area contributed by atoms with Crippen molar-refractivity contribution in [3.8, 4) is 0 Å². The Hall–Kier alpha value is -1.45. The molecule has 0 spiro atoms. The molecule has 0 fully saturated rings. The predicted octanol–water partition coefficient (Wildman–Crippen LogP) is 0.901. The summed E-state index contributed by atoms with van der Waals surface area (Å²) in [7, 11) is -2.45. The van der Waals surface area contributed by atoms with Gasteiger partial charge in [0.1, 0.15) is 9.09 Å². The molecule has 21 heavy (non-hydrogen) atoms. The molecular formula is C12H18N2O5S2. The van der Waals surface area contributed by atoms with Crippen LogP contribution in [0, 0.1) is 6.92 Å². The highest BCUT2D eigenvalue weighted by Gasteiger charge is 2.29. The van der Waals surface area contributed by atoms with Crippen molar-refractivity contribution in [3.05, 3.63) is 16.5 Å². The van der Waals surface area contributed by atoms with E-state index in [1.807, 2.05) is 0 Å². The number of carboxylic acids is 1. The van der Waals surface area contributed by atoms with E-state index >= 15 is 0 Å². The molecular weight excluding hydrogens is 316 g/mol. The minimum Gasteiger partial charge on any atom is -0.477 e. The number of thiophene rings is 1. The van der Waals surface area contributed by atoms with Crippen molar-refractivity contribution >= 4 is 33.2 Å². The molecule has 1 heterocycles. The third-order valence-electron chi connectivity index (χ3n) is 2.76. The second-order valence-corrected chi connectivity index (χ2v) is 7.61. The first kappa shape index (κ1) is 17.6. The van der Waals surface area contributed by atoms with Gasteiger partial charge in [0.2, 0.25) is 5.91 Å². The van der Waals surface area contributed by atoms with Crippen LogP contribution in [-0.4, -0.2) is 49.8 Å². The number of likely N-dealkylation sites (N-methyl/N-ethyl adjacent to an activating group) is 1. The van der Waals surface area contributed by atoms with E-state index in [0.717, 1.165) is 4.31 Å². The average Bonchev–Trinajstić information content (AvgIpc) is 2.81. The van der Waals surface area contributed by atoms with Gasteiger partial charge in [0, 0.05) is 13.6 Å². The normalized spacial score (nSPS) is 11.6. The van der Waals surface area contributed by atoms with Crippen molar-refractivity contribution in [1.82, 2.24) is 9.62 Å². The number of carbonyl (C=O) groups is 2. The smallest absolute Gasteiger partial charge is 0.346 e. The van der Waals surface area contributed by atoms with E-state index in [-0.39, 0.29) is 22.2 Å². The Bertz CT molecular complexity index is 636. The topological polar surface area (TPSA) is 104 Å². The van der Waals surface area contributed by atoms with Gasteiger partial charge in [-0.3, -0.25) is 4.79 Å². The van der Waals surface area contributed by atoms with Gasteiger partial charge in [0.15, 0.2) is 0 Å². The van der Waals surface area contributed by atoms with Crippen LogP contribution in [0.25, 0.3) is 0 Å². The molecule has 2 N–H and O–H groups in total. The molecule has 0 aliphatic heterocycles. The van der Waals surface area contributed by atoms with Crippen molar-refractivity contribution in [2.45, 2.75) is 24.5 Å². The van der Waals surface area contributed by atoms with Gasteiger partial charge < -0.3 is 10.4 Å². The predicted molar refractivity (Wildman–Crippen MR) is 79.1 cm³/mol. The van der Waals surface area contributed by atoms with Gasteiger partial charge in [-0.05, 0) is 25.0 Å². The highest BCUT2D eigenvalue weighted by atomic mass is 32.2. The third kappa shape index (κ3) is 4.02. The Kier molecular flexibility index (Phi) is 5.87. The van der Waals surface area contributed by atoms with Crippen LogP contribution in [0.3, 0.4) is 0 Å². The number of aromatic carboxylic acids is 1. The van der Waals surface area contributed by atoms with E-state index in [0.29, 0.717) is 23.3 Å². The van der Waals surface area contributed by atoms with Crippen LogP contribution in [0.5, 0.6) is 0 Å². The number of rotatable bonds is 7. The largest absolute Gasteiger partial charge is 0.477 e. The zero-order valence-corrected chi connectivity index (χ0v) is 13.7. The summed E-state index contributed by atoms with van der Waals surface area (Å²) in [5.41, 5.74) is 0.391. The molecule has 1 rings (SSSR count). The van der Waals surface area contributed by atoms with Crippen molar-refractivity contribution in [3.63, 3.8) is 0 Å². The van der Waals surface area contributed by atoms with Gasteiger partial charge in [-0.25, -0.2) is 13.2 Å². The average molecular weight is 334 g/mol. The molecule has 0 aromatic carbocycles. The second-order valence-electron chi connectivity index (χ2n) is 4.39. The van der Waals surface area contributed by atoms with Crippen molar-refractivity contribution in [2.24, 2.45) is 0 Å². The first-order valence-corrected chi connectivity index (χ1v) is 8.54. The molecule has 0 atom stereocenters. The monoisotopic (exact) mass is 334 g/mol. The fraction of sp³-hybridized carbons (Fsp3) is 0.500. The van der Waals surface area contributed by atoms with Crippen LogP contribution in [-0.2, 0) is 14.8 Å². The Balaban J connectivity index is 3.19. The number of carboxylic acid groups (broad SMARTS) is 1. The summed E-state index contributed by atoms with van der Waals surface area (Å²) < 4.78 is 26.0. The van der Waals surface area contributed by atoms with Crippen molar-refractivity contribution in [1.29, 1.82) is 0 Å². The van der Waals surface area contributed by atoms with E-state index < -0.39 is 21.9 Å². The molecule has 0 aliphatic rings. The fourth-order valence-corrected chi connectivity index (χ4v) is 4.71. The highest BCUT2D eigenvalue weighted by molar-refractivity contribution is 7.91. The highest BCUT2D eigenvalue weighted by Crippen LogP contribution is 2.28. The molecule has 118 valence electrons. The van der Waals surface area contributed by atoms with E-state index in [2.05, 4.69) is 5.32 Å². The summed E-state index contributed by atoms with van der Waals surface area (Å²) in [6.45, 7) is 3.25. The first-order valence-electron chi connectivity index (χ1n) is 6.28. The standard InChI is InChI=1S/C12H18N2O5S2/c1-4-5-14(7-9(15)13-3)21(18,19)10-6-8(2)11(20-10)12(16)17/h6H,4-5,7H2,1-3H3,(H,13,15)(H,16,17).